The van der Waals surface area contributed by atoms with Gasteiger partial charge in [0.05, 0.1) is 15.2 Å². The Morgan fingerprint density at radius 1 is 0.870 bits per heavy atom. The summed E-state index contributed by atoms with van der Waals surface area (Å²) >= 11 is 0. The number of nitrogens with zero attached hydrogens (tertiary/aromatic N) is 2. The van der Waals surface area contributed by atoms with Crippen LogP contribution in [0.4, 0.5) is 11.4 Å². The Kier molecular flexibility index (Phi) is 13.5. The number of hydrogen-bond acceptors (Lipinski definition) is 8. The number of hydrogen-bond donors (Lipinski definition) is 5. The molecule has 1 amide bonds. The van der Waals surface area contributed by atoms with E-state index >= 15 is 0 Å². The molecule has 13 nitrogen and oxygen atoms in total. The maximum absolute atomic E-state index is 12.3. The fourth-order valence-electron chi connectivity index (χ4n) is 7.23. The highest BCUT2D eigenvalue weighted by Gasteiger charge is 2.45. The number of carbonyl (C=O) groups excluding carboxylic acids is 1. The van der Waals surface area contributed by atoms with Crippen LogP contribution < -0.4 is 16.0 Å². The smallest absolute Gasteiger partial charge is 0.320 e. The second-order valence-electron chi connectivity index (χ2n) is 14.7. The highest BCUT2D eigenvalue weighted by atomic mass is 32.2. The van der Waals surface area contributed by atoms with E-state index in [0.717, 1.165) is 46.8 Å². The van der Waals surface area contributed by atoms with Gasteiger partial charge in [-0.05, 0) is 94.8 Å². The number of nitrogens with two attached hydrogens (primary N) is 1. The van der Waals surface area contributed by atoms with Crippen molar-refractivity contribution in [1.82, 2.24) is 5.32 Å². The van der Waals surface area contributed by atoms with Gasteiger partial charge in [-0.1, -0.05) is 32.1 Å². The van der Waals surface area contributed by atoms with Crippen molar-refractivity contribution in [3.63, 3.8) is 0 Å². The molecule has 0 fully saturated rings. The van der Waals surface area contributed by atoms with E-state index in [1.54, 1.807) is 12.1 Å². The molecule has 2 aromatic carbocycles. The van der Waals surface area contributed by atoms with E-state index in [9.17, 15) is 35.5 Å². The molecular formula is C39H53N4O9S2+. The first-order valence-corrected chi connectivity index (χ1v) is 21.1. The topological polar surface area (TPSA) is 207 Å². The van der Waals surface area contributed by atoms with Gasteiger partial charge in [0.2, 0.25) is 11.6 Å². The van der Waals surface area contributed by atoms with E-state index < -0.39 is 43.1 Å². The molecule has 0 unspecified atom stereocenters. The van der Waals surface area contributed by atoms with E-state index in [1.165, 1.54) is 24.3 Å². The molecule has 0 bridgehead atoms. The van der Waals surface area contributed by atoms with Crippen LogP contribution in [0.2, 0.25) is 0 Å². The summed E-state index contributed by atoms with van der Waals surface area (Å²) in [6.45, 7) is 11.8. The highest BCUT2D eigenvalue weighted by Crippen LogP contribution is 2.48. The Bertz CT molecular complexity index is 2100. The van der Waals surface area contributed by atoms with Crippen LogP contribution in [0.15, 0.2) is 82.3 Å². The van der Waals surface area contributed by atoms with Gasteiger partial charge in [-0.15, -0.1) is 0 Å². The van der Waals surface area contributed by atoms with Gasteiger partial charge in [0.1, 0.15) is 12.6 Å². The standard InChI is InChI=1S/C39H52N4O9S2/c1-6-42-32-21-19-27(53(47,48)49)25-29(32)38(2,3)34(42)16-9-7-10-17-35-39(4,5)30-26-28(54(50,51)52)20-22-33(30)43(35)24-14-8-11-18-36(44)41-23-13-12-15-31(40)37(45)46/h7,9-10,16-17,19-22,25-26,31H,6,8,11-15,18,23-24,40H2,1-5H3,(H3-,41,44,45,46,47,48,49,50,51,52)/p+1/t31-/m0/s1. The lowest BCUT2D eigenvalue weighted by atomic mass is 9.81. The first-order chi connectivity index (χ1) is 25.2. The Morgan fingerprint density at radius 3 is 2.15 bits per heavy atom. The molecule has 0 saturated carbocycles. The van der Waals surface area contributed by atoms with Crippen LogP contribution in [0.5, 0.6) is 0 Å². The van der Waals surface area contributed by atoms with Gasteiger partial charge in [0, 0.05) is 60.4 Å². The van der Waals surface area contributed by atoms with E-state index in [2.05, 4.69) is 14.8 Å². The third-order valence-corrected chi connectivity index (χ3v) is 11.9. The number of amides is 1. The number of fused-ring (bicyclic) bond motifs is 2. The zero-order chi connectivity index (χ0) is 40.1. The molecule has 0 spiro atoms. The van der Waals surface area contributed by atoms with Crippen molar-refractivity contribution < 1.29 is 45.2 Å². The second kappa shape index (κ2) is 17.1. The van der Waals surface area contributed by atoms with Gasteiger partial charge in [-0.3, -0.25) is 18.7 Å². The van der Waals surface area contributed by atoms with Crippen LogP contribution in [0.25, 0.3) is 0 Å². The molecule has 2 aliphatic rings. The molecule has 0 aliphatic carbocycles. The fourth-order valence-corrected chi connectivity index (χ4v) is 8.24. The number of carboxylic acid groups (broad SMARTS) is 1. The molecule has 54 heavy (non-hydrogen) atoms. The number of aliphatic carboxylic acids is 1. The summed E-state index contributed by atoms with van der Waals surface area (Å²) in [6.07, 6.45) is 13.9. The monoisotopic (exact) mass is 785 g/mol. The van der Waals surface area contributed by atoms with Crippen LogP contribution in [0, 0.1) is 0 Å². The molecule has 0 radical (unpaired) electrons. The van der Waals surface area contributed by atoms with Crippen LogP contribution in [0.3, 0.4) is 0 Å². The average molecular weight is 786 g/mol. The highest BCUT2D eigenvalue weighted by molar-refractivity contribution is 7.86. The molecule has 2 aromatic rings. The average Bonchev–Trinajstić information content (AvgIpc) is 3.44. The Balaban J connectivity index is 1.48. The first kappa shape index (κ1) is 42.6. The van der Waals surface area contributed by atoms with Crippen molar-refractivity contribution in [1.29, 1.82) is 0 Å². The summed E-state index contributed by atoms with van der Waals surface area (Å²) in [5, 5.41) is 11.8. The fraction of sp³-hybridized carbons (Fsp3) is 0.462. The molecule has 15 heteroatoms. The van der Waals surface area contributed by atoms with E-state index in [1.807, 2.05) is 65.0 Å². The molecule has 294 valence electrons. The molecule has 2 aliphatic heterocycles. The quantitative estimate of drug-likeness (QED) is 0.0542. The minimum atomic E-state index is -4.41. The minimum Gasteiger partial charge on any atom is -0.480 e. The molecule has 2 heterocycles. The Labute approximate surface area is 318 Å². The predicted octanol–water partition coefficient (Wildman–Crippen LogP) is 5.63. The molecule has 0 aromatic heterocycles. The number of rotatable bonds is 18. The van der Waals surface area contributed by atoms with Crippen molar-refractivity contribution in [2.75, 3.05) is 24.5 Å². The number of benzene rings is 2. The lowest BCUT2D eigenvalue weighted by Gasteiger charge is -2.25. The lowest BCUT2D eigenvalue weighted by Crippen LogP contribution is -2.30. The Hall–Kier alpha value is -4.15. The number of likely N-dealkylation sites (N-methyl/N-ethyl adjacent to an activating group) is 1. The van der Waals surface area contributed by atoms with E-state index in [0.29, 0.717) is 51.7 Å². The second-order valence-corrected chi connectivity index (χ2v) is 17.6. The van der Waals surface area contributed by atoms with Crippen molar-refractivity contribution in [2.24, 2.45) is 5.73 Å². The largest absolute Gasteiger partial charge is 0.480 e. The third kappa shape index (κ3) is 9.74. The van der Waals surface area contributed by atoms with Gasteiger partial charge in [-0.2, -0.15) is 21.4 Å². The van der Waals surface area contributed by atoms with Crippen LogP contribution in [-0.4, -0.2) is 78.9 Å². The number of nitrogens with one attached hydrogen (secondary N) is 1. The number of allylic oxidation sites excluding steroid dienone is 6. The summed E-state index contributed by atoms with van der Waals surface area (Å²) < 4.78 is 69.4. The zero-order valence-corrected chi connectivity index (χ0v) is 33.2. The predicted molar refractivity (Wildman–Crippen MR) is 209 cm³/mol. The van der Waals surface area contributed by atoms with Gasteiger partial charge < -0.3 is 21.1 Å². The van der Waals surface area contributed by atoms with Crippen molar-refractivity contribution >= 4 is 49.2 Å². The summed E-state index contributed by atoms with van der Waals surface area (Å²) in [6, 6.07) is 8.39. The van der Waals surface area contributed by atoms with Crippen LogP contribution in [-0.2, 0) is 40.7 Å². The molecule has 1 atom stereocenters. The first-order valence-electron chi connectivity index (χ1n) is 18.2. The van der Waals surface area contributed by atoms with Gasteiger partial charge in [0.15, 0.2) is 5.71 Å². The molecule has 4 rings (SSSR count). The molecule has 0 saturated heterocycles. The van der Waals surface area contributed by atoms with E-state index in [-0.39, 0.29) is 15.7 Å². The van der Waals surface area contributed by atoms with Gasteiger partial charge >= 0.3 is 5.97 Å². The molecule has 6 N–H and O–H groups in total. The van der Waals surface area contributed by atoms with Gasteiger partial charge in [-0.25, -0.2) is 0 Å². The minimum absolute atomic E-state index is 0.0605. The number of carbonyl (C=O) groups is 2. The number of unbranched alkanes of at least 4 members (excludes halogenated alkanes) is 3. The van der Waals surface area contributed by atoms with Crippen LogP contribution >= 0.6 is 0 Å². The summed E-state index contributed by atoms with van der Waals surface area (Å²) in [4.78, 5) is 25.0. The van der Waals surface area contributed by atoms with Crippen molar-refractivity contribution in [3.05, 3.63) is 83.6 Å². The number of carboxylic acids is 1. The normalized spacial score (nSPS) is 17.8. The van der Waals surface area contributed by atoms with Gasteiger partial charge in [0.25, 0.3) is 20.2 Å². The third-order valence-electron chi connectivity index (χ3n) is 10.2. The van der Waals surface area contributed by atoms with Crippen molar-refractivity contribution in [2.45, 2.75) is 106 Å². The lowest BCUT2D eigenvalue weighted by molar-refractivity contribution is -0.438. The van der Waals surface area contributed by atoms with E-state index in [4.69, 9.17) is 10.8 Å². The maximum atomic E-state index is 12.3. The van der Waals surface area contributed by atoms with Crippen LogP contribution in [0.1, 0.15) is 90.7 Å². The Morgan fingerprint density at radius 2 is 1.52 bits per heavy atom. The summed E-state index contributed by atoms with van der Waals surface area (Å²) in [5.74, 6) is -1.09. The summed E-state index contributed by atoms with van der Waals surface area (Å²) in [7, 11) is -8.77. The SMILES string of the molecule is CCN1C(=C/C=C\C=CC2=[N+](CCCCCC(=O)NCCCC[C@H](N)C(=O)O)c3ccc(S(=O)(=O)O)cc3C2(C)C)C(C)(C)c2cc(S(=O)(=O)O)ccc21. The zero-order valence-electron chi connectivity index (χ0n) is 31.6. The summed E-state index contributed by atoms with van der Waals surface area (Å²) in [5.41, 5.74) is 9.55. The maximum Gasteiger partial charge on any atom is 0.320 e. The van der Waals surface area contributed by atoms with Crippen molar-refractivity contribution in [3.8, 4) is 0 Å². The molecular weight excluding hydrogens is 733 g/mol. The number of anilines is 1.